The molecule has 0 radical (unpaired) electrons. The molecule has 2 heterocycles. The van der Waals surface area contributed by atoms with Gasteiger partial charge in [-0.1, -0.05) is 15.9 Å². The number of carbonyl (C=O) groups is 1. The fourth-order valence-corrected chi connectivity index (χ4v) is 3.21. The minimum atomic E-state index is -0.280. The Hall–Kier alpha value is -2.86. The van der Waals surface area contributed by atoms with Gasteiger partial charge in [0.15, 0.2) is 0 Å². The number of halogens is 1. The lowest BCUT2D eigenvalue weighted by molar-refractivity contribution is 0.102. The maximum Gasteiger partial charge on any atom is 0.260 e. The number of benzene rings is 2. The molecule has 0 spiro atoms. The number of carbonyl (C=O) groups excluding carboxylic acids is 1. The number of ether oxygens (including phenoxy) is 1. The Balaban J connectivity index is 1.95. The second-order valence-corrected chi connectivity index (χ2v) is 6.37. The predicted molar refractivity (Wildman–Crippen MR) is 100 cm³/mol. The maximum atomic E-state index is 13.0. The fourth-order valence-electron chi connectivity index (χ4n) is 2.85. The summed E-state index contributed by atoms with van der Waals surface area (Å²) in [6, 6.07) is 12.8. The summed E-state index contributed by atoms with van der Waals surface area (Å²) in [6.07, 6.45) is 3.24. The first kappa shape index (κ1) is 15.7. The number of hydrogen-bond acceptors (Lipinski definition) is 4. The van der Waals surface area contributed by atoms with E-state index in [2.05, 4.69) is 26.2 Å². The summed E-state index contributed by atoms with van der Waals surface area (Å²) in [5, 5.41) is 4.43. The zero-order valence-electron chi connectivity index (χ0n) is 13.2. The smallest absolute Gasteiger partial charge is 0.260 e. The van der Waals surface area contributed by atoms with Gasteiger partial charge < -0.3 is 14.5 Å². The zero-order valence-corrected chi connectivity index (χ0v) is 14.8. The lowest BCUT2D eigenvalue weighted by Gasteiger charge is -2.10. The maximum absolute atomic E-state index is 13.0. The summed E-state index contributed by atoms with van der Waals surface area (Å²) < 4.78 is 12.2. The summed E-state index contributed by atoms with van der Waals surface area (Å²) in [6.45, 7) is 0. The van der Waals surface area contributed by atoms with E-state index in [0.29, 0.717) is 28.2 Å². The summed E-state index contributed by atoms with van der Waals surface area (Å²) >= 11 is 3.47. The van der Waals surface area contributed by atoms with Gasteiger partial charge in [-0.05, 0) is 42.5 Å². The van der Waals surface area contributed by atoms with Crippen molar-refractivity contribution in [2.75, 3.05) is 12.4 Å². The number of amides is 1. The first-order valence-corrected chi connectivity index (χ1v) is 8.37. The van der Waals surface area contributed by atoms with Gasteiger partial charge in [0, 0.05) is 21.4 Å². The molecule has 2 aromatic heterocycles. The van der Waals surface area contributed by atoms with Crippen LogP contribution in [0.3, 0.4) is 0 Å². The summed E-state index contributed by atoms with van der Waals surface area (Å²) in [5.41, 5.74) is 2.38. The molecule has 0 aliphatic heterocycles. The Bertz CT molecular complexity index is 1090. The number of furan rings is 1. The largest absolute Gasteiger partial charge is 0.496 e. The van der Waals surface area contributed by atoms with Crippen molar-refractivity contribution in [3.63, 3.8) is 0 Å². The zero-order chi connectivity index (χ0) is 17.4. The third-order valence-corrected chi connectivity index (χ3v) is 4.42. The van der Waals surface area contributed by atoms with Crippen LogP contribution in [-0.4, -0.2) is 18.0 Å². The van der Waals surface area contributed by atoms with Crippen LogP contribution >= 0.6 is 15.9 Å². The molecule has 4 rings (SSSR count). The molecule has 0 aliphatic carbocycles. The number of pyridine rings is 1. The van der Waals surface area contributed by atoms with Crippen LogP contribution in [0.25, 0.3) is 21.9 Å². The van der Waals surface area contributed by atoms with Crippen molar-refractivity contribution in [2.45, 2.75) is 0 Å². The first-order chi connectivity index (χ1) is 12.2. The van der Waals surface area contributed by atoms with E-state index in [1.807, 2.05) is 24.3 Å². The molecule has 0 aliphatic rings. The molecular weight excluding hydrogens is 384 g/mol. The van der Waals surface area contributed by atoms with Gasteiger partial charge in [-0.15, -0.1) is 0 Å². The molecule has 2 aromatic carbocycles. The van der Waals surface area contributed by atoms with Crippen LogP contribution in [0.15, 0.2) is 63.7 Å². The van der Waals surface area contributed by atoms with Gasteiger partial charge in [-0.2, -0.15) is 0 Å². The van der Waals surface area contributed by atoms with Gasteiger partial charge in [-0.3, -0.25) is 9.78 Å². The Morgan fingerprint density at radius 3 is 2.80 bits per heavy atom. The standard InChI is InChI=1S/C19H13BrN2O3/c1-24-15-6-7-16-17(13-9-11(20)4-5-14(13)25-16)18(15)19(23)22-12-3-2-8-21-10-12/h2-10H,1H3,(H,22,23). The highest BCUT2D eigenvalue weighted by molar-refractivity contribution is 9.10. The molecule has 4 aromatic rings. The molecule has 0 atom stereocenters. The molecule has 0 bridgehead atoms. The molecule has 6 heteroatoms. The van der Waals surface area contributed by atoms with Crippen molar-refractivity contribution in [3.05, 3.63) is 64.9 Å². The summed E-state index contributed by atoms with van der Waals surface area (Å²) in [7, 11) is 1.54. The molecule has 1 N–H and O–H groups in total. The van der Waals surface area contributed by atoms with Crippen LogP contribution in [-0.2, 0) is 0 Å². The van der Waals surface area contributed by atoms with E-state index < -0.39 is 0 Å². The third kappa shape index (κ3) is 2.74. The summed E-state index contributed by atoms with van der Waals surface area (Å²) in [4.78, 5) is 17.0. The molecule has 5 nitrogen and oxygen atoms in total. The molecule has 0 unspecified atom stereocenters. The van der Waals surface area contributed by atoms with Crippen molar-refractivity contribution in [1.29, 1.82) is 0 Å². The normalized spacial score (nSPS) is 11.0. The molecule has 1 amide bonds. The van der Waals surface area contributed by atoms with Crippen molar-refractivity contribution in [3.8, 4) is 5.75 Å². The average molecular weight is 397 g/mol. The van der Waals surface area contributed by atoms with Crippen LogP contribution in [0, 0.1) is 0 Å². The highest BCUT2D eigenvalue weighted by atomic mass is 79.9. The molecule has 0 fully saturated rings. The van der Waals surface area contributed by atoms with Crippen LogP contribution < -0.4 is 10.1 Å². The van der Waals surface area contributed by atoms with Gasteiger partial charge in [-0.25, -0.2) is 0 Å². The van der Waals surface area contributed by atoms with Crippen LogP contribution in [0.2, 0.25) is 0 Å². The Kier molecular flexibility index (Phi) is 3.89. The molecule has 124 valence electrons. The van der Waals surface area contributed by atoms with Crippen molar-refractivity contribution < 1.29 is 13.9 Å². The van der Waals surface area contributed by atoms with Crippen molar-refractivity contribution in [1.82, 2.24) is 4.98 Å². The topological polar surface area (TPSA) is 64.4 Å². The number of anilines is 1. The third-order valence-electron chi connectivity index (χ3n) is 3.93. The van der Waals surface area contributed by atoms with Gasteiger partial charge in [0.2, 0.25) is 0 Å². The second-order valence-electron chi connectivity index (χ2n) is 5.45. The van der Waals surface area contributed by atoms with Crippen LogP contribution in [0.5, 0.6) is 5.75 Å². The average Bonchev–Trinajstić information content (AvgIpc) is 2.99. The summed E-state index contributed by atoms with van der Waals surface area (Å²) in [5.74, 6) is 0.203. The number of methoxy groups -OCH3 is 1. The fraction of sp³-hybridized carbons (Fsp3) is 0.0526. The number of hydrogen-bond donors (Lipinski definition) is 1. The number of nitrogens with zero attached hydrogens (tertiary/aromatic N) is 1. The van der Waals surface area contributed by atoms with E-state index in [4.69, 9.17) is 9.15 Å². The molecule has 0 saturated carbocycles. The Labute approximate surface area is 151 Å². The number of fused-ring (bicyclic) bond motifs is 3. The van der Waals surface area contributed by atoms with E-state index >= 15 is 0 Å². The first-order valence-electron chi connectivity index (χ1n) is 7.57. The van der Waals surface area contributed by atoms with Crippen LogP contribution in [0.4, 0.5) is 5.69 Å². The Morgan fingerprint density at radius 1 is 1.20 bits per heavy atom. The minimum Gasteiger partial charge on any atom is -0.496 e. The second kappa shape index (κ2) is 6.22. The quantitative estimate of drug-likeness (QED) is 0.528. The van der Waals surface area contributed by atoms with E-state index in [1.54, 1.807) is 37.7 Å². The predicted octanol–water partition coefficient (Wildman–Crippen LogP) is 5.00. The lowest BCUT2D eigenvalue weighted by atomic mass is 10.0. The van der Waals surface area contributed by atoms with Crippen molar-refractivity contribution >= 4 is 49.5 Å². The molecule has 0 saturated heterocycles. The number of nitrogens with one attached hydrogen (secondary N) is 1. The van der Waals surface area contributed by atoms with Gasteiger partial charge >= 0.3 is 0 Å². The SMILES string of the molecule is COc1ccc2oc3ccc(Br)cc3c2c1C(=O)Nc1cccnc1. The highest BCUT2D eigenvalue weighted by Gasteiger charge is 2.21. The van der Waals surface area contributed by atoms with E-state index in [0.717, 1.165) is 15.2 Å². The number of rotatable bonds is 3. The van der Waals surface area contributed by atoms with Crippen molar-refractivity contribution in [2.24, 2.45) is 0 Å². The molecular formula is C19H13BrN2O3. The monoisotopic (exact) mass is 396 g/mol. The Morgan fingerprint density at radius 2 is 2.04 bits per heavy atom. The minimum absolute atomic E-state index is 0.280. The van der Waals surface area contributed by atoms with Gasteiger partial charge in [0.25, 0.3) is 5.91 Å². The van der Waals surface area contributed by atoms with E-state index in [1.165, 1.54) is 0 Å². The van der Waals surface area contributed by atoms with Gasteiger partial charge in [0.1, 0.15) is 16.9 Å². The highest BCUT2D eigenvalue weighted by Crippen LogP contribution is 2.37. The lowest BCUT2D eigenvalue weighted by Crippen LogP contribution is -2.13. The van der Waals surface area contributed by atoms with Gasteiger partial charge in [0.05, 0.1) is 24.6 Å². The van der Waals surface area contributed by atoms with E-state index in [-0.39, 0.29) is 5.91 Å². The number of aromatic nitrogens is 1. The van der Waals surface area contributed by atoms with Crippen LogP contribution in [0.1, 0.15) is 10.4 Å². The van der Waals surface area contributed by atoms with E-state index in [9.17, 15) is 4.79 Å². The molecule has 25 heavy (non-hydrogen) atoms.